The number of nitrogens with one attached hydrogen (secondary N) is 3. The summed E-state index contributed by atoms with van der Waals surface area (Å²) in [7, 11) is 3.34. The van der Waals surface area contributed by atoms with E-state index < -0.39 is 5.41 Å². The minimum Gasteiger partial charge on any atom is -0.383 e. The second-order valence-corrected chi connectivity index (χ2v) is 4.59. The molecule has 0 saturated heterocycles. The van der Waals surface area contributed by atoms with Gasteiger partial charge in [-0.15, -0.1) is 0 Å². The number of amides is 1. The van der Waals surface area contributed by atoms with Gasteiger partial charge in [0, 0.05) is 33.8 Å². The van der Waals surface area contributed by atoms with Crippen molar-refractivity contribution >= 4 is 11.9 Å². The molecular formula is C12H26N4O2. The van der Waals surface area contributed by atoms with Crippen molar-refractivity contribution in [3.8, 4) is 0 Å². The van der Waals surface area contributed by atoms with E-state index in [9.17, 15) is 4.79 Å². The zero-order valence-electron chi connectivity index (χ0n) is 12.1. The van der Waals surface area contributed by atoms with E-state index in [1.807, 2.05) is 20.8 Å². The van der Waals surface area contributed by atoms with Crippen LogP contribution in [-0.4, -0.2) is 52.3 Å². The molecule has 0 aliphatic rings. The first-order valence-electron chi connectivity index (χ1n) is 6.19. The molecule has 0 aliphatic heterocycles. The molecule has 0 unspecified atom stereocenters. The van der Waals surface area contributed by atoms with Crippen LogP contribution in [0.5, 0.6) is 0 Å². The molecule has 3 N–H and O–H groups in total. The van der Waals surface area contributed by atoms with Crippen molar-refractivity contribution in [1.29, 1.82) is 0 Å². The number of nitrogens with zero attached hydrogens (tertiary/aromatic N) is 1. The SMILES string of the molecule is CCNC(=O)C(C)(C)CNC(=NC)NCCOC. The number of aliphatic imine (C=N–C) groups is 1. The Hall–Kier alpha value is -1.30. The second kappa shape index (κ2) is 8.74. The molecule has 0 aromatic carbocycles. The largest absolute Gasteiger partial charge is 0.383 e. The first kappa shape index (κ1) is 16.7. The Bertz CT molecular complexity index is 277. The molecule has 6 heteroatoms. The van der Waals surface area contributed by atoms with Gasteiger partial charge in [0.2, 0.25) is 5.91 Å². The highest BCUT2D eigenvalue weighted by Crippen LogP contribution is 2.13. The lowest BCUT2D eigenvalue weighted by Crippen LogP contribution is -2.48. The summed E-state index contributed by atoms with van der Waals surface area (Å²) >= 11 is 0. The number of carbonyl (C=O) groups is 1. The molecule has 0 heterocycles. The van der Waals surface area contributed by atoms with Crippen LogP contribution in [0.1, 0.15) is 20.8 Å². The highest BCUT2D eigenvalue weighted by molar-refractivity contribution is 5.84. The number of hydrogen-bond donors (Lipinski definition) is 3. The molecule has 0 saturated carbocycles. The van der Waals surface area contributed by atoms with Gasteiger partial charge in [-0.3, -0.25) is 9.79 Å². The fourth-order valence-corrected chi connectivity index (χ4v) is 1.28. The average Bonchev–Trinajstić information content (AvgIpc) is 2.34. The summed E-state index contributed by atoms with van der Waals surface area (Å²) < 4.78 is 4.94. The van der Waals surface area contributed by atoms with E-state index in [0.717, 1.165) is 0 Å². The Labute approximate surface area is 110 Å². The summed E-state index contributed by atoms with van der Waals surface area (Å²) in [4.78, 5) is 15.9. The molecule has 0 bridgehead atoms. The summed E-state index contributed by atoms with van der Waals surface area (Å²) in [5.74, 6) is 0.703. The molecule has 6 nitrogen and oxygen atoms in total. The lowest BCUT2D eigenvalue weighted by molar-refractivity contribution is -0.128. The lowest BCUT2D eigenvalue weighted by atomic mass is 9.92. The Morgan fingerprint density at radius 1 is 1.28 bits per heavy atom. The van der Waals surface area contributed by atoms with Crippen molar-refractivity contribution in [2.45, 2.75) is 20.8 Å². The van der Waals surface area contributed by atoms with Crippen molar-refractivity contribution in [3.63, 3.8) is 0 Å². The predicted octanol–water partition coefficient (Wildman–Crippen LogP) is -0.0399. The van der Waals surface area contributed by atoms with E-state index in [1.165, 1.54) is 0 Å². The molecule has 0 aromatic heterocycles. The Balaban J connectivity index is 4.14. The minimum atomic E-state index is -0.477. The van der Waals surface area contributed by atoms with Gasteiger partial charge >= 0.3 is 0 Å². The van der Waals surface area contributed by atoms with Gasteiger partial charge in [0.05, 0.1) is 12.0 Å². The summed E-state index contributed by atoms with van der Waals surface area (Å²) in [5, 5.41) is 9.05. The Kier molecular flexibility index (Phi) is 8.11. The number of hydrogen-bond acceptors (Lipinski definition) is 3. The maximum Gasteiger partial charge on any atom is 0.227 e. The second-order valence-electron chi connectivity index (χ2n) is 4.59. The van der Waals surface area contributed by atoms with E-state index in [4.69, 9.17) is 4.74 Å². The third kappa shape index (κ3) is 6.44. The highest BCUT2D eigenvalue weighted by Gasteiger charge is 2.27. The number of guanidine groups is 1. The number of rotatable bonds is 7. The predicted molar refractivity (Wildman–Crippen MR) is 73.7 cm³/mol. The lowest BCUT2D eigenvalue weighted by Gasteiger charge is -2.24. The van der Waals surface area contributed by atoms with Gasteiger partial charge in [-0.1, -0.05) is 0 Å². The monoisotopic (exact) mass is 258 g/mol. The van der Waals surface area contributed by atoms with Crippen LogP contribution in [0.15, 0.2) is 4.99 Å². The zero-order chi connectivity index (χ0) is 14.0. The summed E-state index contributed by atoms with van der Waals surface area (Å²) in [6, 6.07) is 0. The number of carbonyl (C=O) groups excluding carboxylic acids is 1. The van der Waals surface area contributed by atoms with Crippen LogP contribution in [-0.2, 0) is 9.53 Å². The van der Waals surface area contributed by atoms with Crippen LogP contribution in [0.4, 0.5) is 0 Å². The maximum absolute atomic E-state index is 11.8. The van der Waals surface area contributed by atoms with Crippen molar-refractivity contribution < 1.29 is 9.53 Å². The first-order chi connectivity index (χ1) is 8.47. The molecule has 106 valence electrons. The van der Waals surface area contributed by atoms with Crippen LogP contribution in [0.25, 0.3) is 0 Å². The fourth-order valence-electron chi connectivity index (χ4n) is 1.28. The van der Waals surface area contributed by atoms with Gasteiger partial charge in [-0.25, -0.2) is 0 Å². The fraction of sp³-hybridized carbons (Fsp3) is 0.833. The third-order valence-electron chi connectivity index (χ3n) is 2.47. The summed E-state index contributed by atoms with van der Waals surface area (Å²) in [6.45, 7) is 8.15. The molecular weight excluding hydrogens is 232 g/mol. The molecule has 0 fully saturated rings. The molecule has 0 atom stereocenters. The van der Waals surface area contributed by atoms with Crippen LogP contribution < -0.4 is 16.0 Å². The first-order valence-corrected chi connectivity index (χ1v) is 6.19. The summed E-state index contributed by atoms with van der Waals surface area (Å²) in [6.07, 6.45) is 0. The van der Waals surface area contributed by atoms with Crippen molar-refractivity contribution in [1.82, 2.24) is 16.0 Å². The Morgan fingerprint density at radius 3 is 2.44 bits per heavy atom. The average molecular weight is 258 g/mol. The normalized spacial score (nSPS) is 12.2. The quantitative estimate of drug-likeness (QED) is 0.340. The summed E-state index contributed by atoms with van der Waals surface area (Å²) in [5.41, 5.74) is -0.477. The number of methoxy groups -OCH3 is 1. The van der Waals surface area contributed by atoms with Gasteiger partial charge in [0.1, 0.15) is 0 Å². The van der Waals surface area contributed by atoms with Gasteiger partial charge in [0.25, 0.3) is 0 Å². The molecule has 0 aromatic rings. The van der Waals surface area contributed by atoms with E-state index >= 15 is 0 Å². The van der Waals surface area contributed by atoms with Gasteiger partial charge in [-0.05, 0) is 20.8 Å². The van der Waals surface area contributed by atoms with E-state index in [-0.39, 0.29) is 5.91 Å². The van der Waals surface area contributed by atoms with Crippen molar-refractivity contribution in [2.24, 2.45) is 10.4 Å². The molecule has 0 rings (SSSR count). The third-order valence-corrected chi connectivity index (χ3v) is 2.47. The molecule has 0 spiro atoms. The van der Waals surface area contributed by atoms with Crippen molar-refractivity contribution in [3.05, 3.63) is 0 Å². The standard InChI is InChI=1S/C12H26N4O2/c1-6-14-10(17)12(2,3)9-16-11(13-4)15-7-8-18-5/h6-9H2,1-5H3,(H,14,17)(H2,13,15,16). The van der Waals surface area contributed by atoms with Crippen LogP contribution in [0, 0.1) is 5.41 Å². The van der Waals surface area contributed by atoms with Crippen molar-refractivity contribution in [2.75, 3.05) is 40.4 Å². The van der Waals surface area contributed by atoms with Crippen LogP contribution >= 0.6 is 0 Å². The topological polar surface area (TPSA) is 74.8 Å². The van der Waals surface area contributed by atoms with Gasteiger partial charge in [0.15, 0.2) is 5.96 Å². The van der Waals surface area contributed by atoms with Gasteiger partial charge < -0.3 is 20.7 Å². The van der Waals surface area contributed by atoms with Gasteiger partial charge in [-0.2, -0.15) is 0 Å². The molecule has 18 heavy (non-hydrogen) atoms. The number of ether oxygens (including phenoxy) is 1. The molecule has 0 radical (unpaired) electrons. The molecule has 1 amide bonds. The Morgan fingerprint density at radius 2 is 1.94 bits per heavy atom. The van der Waals surface area contributed by atoms with Crippen LogP contribution in [0.2, 0.25) is 0 Å². The minimum absolute atomic E-state index is 0.0323. The van der Waals surface area contributed by atoms with E-state index in [0.29, 0.717) is 32.2 Å². The van der Waals surface area contributed by atoms with E-state index in [2.05, 4.69) is 20.9 Å². The maximum atomic E-state index is 11.8. The smallest absolute Gasteiger partial charge is 0.227 e. The van der Waals surface area contributed by atoms with E-state index in [1.54, 1.807) is 14.2 Å². The van der Waals surface area contributed by atoms with Crippen LogP contribution in [0.3, 0.4) is 0 Å². The highest BCUT2D eigenvalue weighted by atomic mass is 16.5. The zero-order valence-corrected chi connectivity index (χ0v) is 12.1. The molecule has 0 aliphatic carbocycles.